The fraction of sp³-hybridized carbons (Fsp3) is 0.400. The van der Waals surface area contributed by atoms with E-state index in [9.17, 15) is 14.0 Å². The van der Waals surface area contributed by atoms with Crippen molar-refractivity contribution in [3.8, 4) is 11.4 Å². The summed E-state index contributed by atoms with van der Waals surface area (Å²) in [6.45, 7) is 11.4. The number of halogens is 1. The summed E-state index contributed by atoms with van der Waals surface area (Å²) in [6.07, 6.45) is 4.75. The van der Waals surface area contributed by atoms with Crippen LogP contribution in [-0.4, -0.2) is 66.5 Å². The largest absolute Gasteiger partial charge is 0.444 e. The fourth-order valence-corrected chi connectivity index (χ4v) is 4.34. The molecule has 5 heterocycles. The van der Waals surface area contributed by atoms with Crippen molar-refractivity contribution in [1.82, 2.24) is 28.7 Å². The lowest BCUT2D eigenvalue weighted by atomic mass is 10.2. The van der Waals surface area contributed by atoms with Crippen LogP contribution >= 0.6 is 0 Å². The second-order valence-electron chi connectivity index (χ2n) is 10.0. The van der Waals surface area contributed by atoms with E-state index in [1.165, 1.54) is 10.5 Å². The normalized spacial score (nSPS) is 14.6. The maximum absolute atomic E-state index is 14.6. The van der Waals surface area contributed by atoms with Crippen LogP contribution < -0.4 is 10.6 Å². The molecule has 0 saturated carbocycles. The van der Waals surface area contributed by atoms with Crippen molar-refractivity contribution >= 4 is 23.1 Å². The number of ether oxygens (including phenoxy) is 1. The van der Waals surface area contributed by atoms with Crippen molar-refractivity contribution in [3.63, 3.8) is 0 Å². The van der Waals surface area contributed by atoms with Gasteiger partial charge in [0, 0.05) is 50.3 Å². The second-order valence-corrected chi connectivity index (χ2v) is 10.0. The molecule has 0 bridgehead atoms. The molecule has 11 heteroatoms. The molecule has 1 aliphatic rings. The number of rotatable bonds is 2. The van der Waals surface area contributed by atoms with E-state index >= 15 is 0 Å². The van der Waals surface area contributed by atoms with Crippen molar-refractivity contribution in [2.24, 2.45) is 0 Å². The molecule has 188 valence electrons. The smallest absolute Gasteiger partial charge is 0.410 e. The third-order valence-corrected chi connectivity index (χ3v) is 6.01. The van der Waals surface area contributed by atoms with Crippen LogP contribution in [-0.2, 0) is 4.74 Å². The van der Waals surface area contributed by atoms with Crippen molar-refractivity contribution < 1.29 is 13.9 Å². The molecule has 5 rings (SSSR count). The molecule has 10 nitrogen and oxygen atoms in total. The second kappa shape index (κ2) is 8.58. The van der Waals surface area contributed by atoms with Gasteiger partial charge in [-0.05, 0) is 52.3 Å². The van der Waals surface area contributed by atoms with Gasteiger partial charge >= 0.3 is 11.8 Å². The van der Waals surface area contributed by atoms with Crippen LogP contribution in [0.3, 0.4) is 0 Å². The molecule has 1 aliphatic heterocycles. The first-order chi connectivity index (χ1) is 17.0. The van der Waals surface area contributed by atoms with Gasteiger partial charge in [0.1, 0.15) is 11.2 Å². The van der Waals surface area contributed by atoms with E-state index in [0.717, 1.165) is 11.3 Å². The van der Waals surface area contributed by atoms with E-state index in [-0.39, 0.29) is 17.6 Å². The number of nitrogens with zero attached hydrogens (tertiary/aromatic N) is 7. The summed E-state index contributed by atoms with van der Waals surface area (Å²) >= 11 is 0. The maximum atomic E-state index is 14.6. The van der Waals surface area contributed by atoms with Crippen LogP contribution in [0, 0.1) is 19.7 Å². The Morgan fingerprint density at radius 2 is 1.69 bits per heavy atom. The molecule has 36 heavy (non-hydrogen) atoms. The fourth-order valence-electron chi connectivity index (χ4n) is 4.34. The van der Waals surface area contributed by atoms with Gasteiger partial charge in [-0.2, -0.15) is 4.98 Å². The molecular weight excluding hydrogens is 465 g/mol. The van der Waals surface area contributed by atoms with E-state index in [4.69, 9.17) is 4.74 Å². The molecule has 0 unspecified atom stereocenters. The molecule has 0 aromatic carbocycles. The molecule has 4 aromatic rings. The van der Waals surface area contributed by atoms with Crippen molar-refractivity contribution in [2.45, 2.75) is 40.2 Å². The lowest BCUT2D eigenvalue weighted by molar-refractivity contribution is 0.0240. The molecule has 0 spiro atoms. The summed E-state index contributed by atoms with van der Waals surface area (Å²) in [5.74, 6) is -0.365. The molecule has 0 aliphatic carbocycles. The predicted octanol–water partition coefficient (Wildman–Crippen LogP) is 3.22. The Kier molecular flexibility index (Phi) is 5.65. The number of aryl methyl sites for hydroxylation is 2. The Labute approximate surface area is 207 Å². The molecule has 4 aromatic heterocycles. The first-order valence-electron chi connectivity index (χ1n) is 11.8. The number of carbonyl (C=O) groups excluding carboxylic acids is 1. The van der Waals surface area contributed by atoms with Gasteiger partial charge in [0.05, 0.1) is 11.4 Å². The van der Waals surface area contributed by atoms with E-state index in [2.05, 4.69) is 19.9 Å². The Morgan fingerprint density at radius 3 is 2.39 bits per heavy atom. The lowest BCUT2D eigenvalue weighted by Gasteiger charge is -2.36. The number of amides is 1. The van der Waals surface area contributed by atoms with Gasteiger partial charge < -0.3 is 18.9 Å². The van der Waals surface area contributed by atoms with Gasteiger partial charge in [0.25, 0.3) is 0 Å². The van der Waals surface area contributed by atoms with Gasteiger partial charge in [-0.1, -0.05) is 0 Å². The third kappa shape index (κ3) is 4.48. The molecule has 0 N–H and O–H groups in total. The van der Waals surface area contributed by atoms with Crippen LogP contribution in [0.2, 0.25) is 0 Å². The highest BCUT2D eigenvalue weighted by molar-refractivity contribution is 5.69. The third-order valence-electron chi connectivity index (χ3n) is 6.01. The molecular formula is C25H28FN7O3. The number of aromatic nitrogens is 5. The zero-order chi connectivity index (χ0) is 25.8. The number of piperazine rings is 1. The Bertz CT molecular complexity index is 1550. The Morgan fingerprint density at radius 1 is 0.972 bits per heavy atom. The van der Waals surface area contributed by atoms with E-state index in [0.29, 0.717) is 43.1 Å². The monoisotopic (exact) mass is 493 g/mol. The zero-order valence-electron chi connectivity index (χ0n) is 20.9. The molecule has 1 amide bonds. The van der Waals surface area contributed by atoms with Crippen LogP contribution in [0.15, 0.2) is 35.5 Å². The van der Waals surface area contributed by atoms with Gasteiger partial charge in [-0.3, -0.25) is 0 Å². The van der Waals surface area contributed by atoms with Gasteiger partial charge in [0.2, 0.25) is 0 Å². The minimum atomic E-state index is -0.543. The first-order valence-corrected chi connectivity index (χ1v) is 11.8. The number of imidazole rings is 1. The van der Waals surface area contributed by atoms with Crippen LogP contribution in [0.25, 0.3) is 22.7 Å². The SMILES string of the molecule is Cc1cn2cc(-c3nc(=O)n4cc(N5CCN(C(=O)OC(C)(C)C)CC5)cc(C)c4n3)cc(F)c2n1. The molecule has 1 saturated heterocycles. The summed E-state index contributed by atoms with van der Waals surface area (Å²) < 4.78 is 23.0. The van der Waals surface area contributed by atoms with Crippen LogP contribution in [0.4, 0.5) is 14.9 Å². The molecule has 1 fully saturated rings. The first kappa shape index (κ1) is 23.7. The highest BCUT2D eigenvalue weighted by Gasteiger charge is 2.26. The van der Waals surface area contributed by atoms with Crippen molar-refractivity contribution in [1.29, 1.82) is 0 Å². The number of pyridine rings is 2. The summed E-state index contributed by atoms with van der Waals surface area (Å²) in [4.78, 5) is 42.0. The maximum Gasteiger partial charge on any atom is 0.410 e. The Balaban J connectivity index is 1.43. The van der Waals surface area contributed by atoms with Crippen molar-refractivity contribution in [3.05, 3.63) is 58.3 Å². The predicted molar refractivity (Wildman–Crippen MR) is 133 cm³/mol. The average molecular weight is 494 g/mol. The highest BCUT2D eigenvalue weighted by atomic mass is 19.1. The van der Waals surface area contributed by atoms with Gasteiger partial charge in [0.15, 0.2) is 17.3 Å². The van der Waals surface area contributed by atoms with Gasteiger partial charge in [-0.15, -0.1) is 0 Å². The summed E-state index contributed by atoms with van der Waals surface area (Å²) in [5, 5.41) is 0. The number of hydrogen-bond donors (Lipinski definition) is 0. The van der Waals surface area contributed by atoms with E-state index in [1.54, 1.807) is 34.8 Å². The minimum absolute atomic E-state index is 0.147. The van der Waals surface area contributed by atoms with Gasteiger partial charge in [-0.25, -0.2) is 28.3 Å². The van der Waals surface area contributed by atoms with Crippen molar-refractivity contribution in [2.75, 3.05) is 31.1 Å². The lowest BCUT2D eigenvalue weighted by Crippen LogP contribution is -2.50. The minimum Gasteiger partial charge on any atom is -0.444 e. The molecule has 0 atom stereocenters. The highest BCUT2D eigenvalue weighted by Crippen LogP contribution is 2.23. The zero-order valence-corrected chi connectivity index (χ0v) is 20.9. The molecule has 0 radical (unpaired) electrons. The average Bonchev–Trinajstić information content (AvgIpc) is 3.19. The number of carbonyl (C=O) groups is 1. The van der Waals surface area contributed by atoms with Crippen LogP contribution in [0.5, 0.6) is 0 Å². The quantitative estimate of drug-likeness (QED) is 0.423. The number of fused-ring (bicyclic) bond motifs is 2. The number of anilines is 1. The van der Waals surface area contributed by atoms with E-state index in [1.807, 2.05) is 33.8 Å². The summed E-state index contributed by atoms with van der Waals surface area (Å²) in [7, 11) is 0. The van der Waals surface area contributed by atoms with Crippen LogP contribution in [0.1, 0.15) is 32.0 Å². The number of hydrogen-bond acceptors (Lipinski definition) is 7. The van der Waals surface area contributed by atoms with E-state index < -0.39 is 17.1 Å². The Hall–Kier alpha value is -4.02. The summed E-state index contributed by atoms with van der Waals surface area (Å²) in [6, 6.07) is 3.25. The standard InChI is InChI=1S/C25H28FN7O3/c1-15-10-18(30-6-8-31(9-7-30)24(35)36-25(3,4)5)14-33-21(15)28-20(29-23(33)34)17-11-19(26)22-27-16(2)12-32(22)13-17/h10-14H,6-9H2,1-5H3. The topological polar surface area (TPSA) is 97.3 Å². The summed E-state index contributed by atoms with van der Waals surface area (Å²) in [5.41, 5.74) is 2.30.